The highest BCUT2D eigenvalue weighted by Crippen LogP contribution is 2.20. The van der Waals surface area contributed by atoms with Crippen LogP contribution in [0.1, 0.15) is 31.8 Å². The molecule has 6 heteroatoms. The van der Waals surface area contributed by atoms with Gasteiger partial charge in [-0.15, -0.1) is 0 Å². The molecule has 0 saturated carbocycles. The van der Waals surface area contributed by atoms with Gasteiger partial charge in [0, 0.05) is 13.2 Å². The lowest BCUT2D eigenvalue weighted by Crippen LogP contribution is -2.15. The van der Waals surface area contributed by atoms with Gasteiger partial charge in [0.25, 0.3) is 0 Å². The number of carbonyl (C=O) groups is 2. The summed E-state index contributed by atoms with van der Waals surface area (Å²) in [6.45, 7) is -0.201. The van der Waals surface area contributed by atoms with E-state index in [-0.39, 0.29) is 24.3 Å². The second kappa shape index (κ2) is 7.62. The van der Waals surface area contributed by atoms with Crippen LogP contribution in [0.5, 0.6) is 0 Å². The van der Waals surface area contributed by atoms with E-state index in [2.05, 4.69) is 9.47 Å². The Morgan fingerprint density at radius 1 is 0.900 bits per heavy atom. The molecule has 0 atom stereocenters. The van der Waals surface area contributed by atoms with Crippen LogP contribution in [0.3, 0.4) is 0 Å². The molecule has 0 bridgehead atoms. The Balaban J connectivity index is 3.42. The number of esters is 2. The lowest BCUT2D eigenvalue weighted by atomic mass is 9.95. The molecule has 20 heavy (non-hydrogen) atoms. The molecular formula is C14H18O6. The van der Waals surface area contributed by atoms with Gasteiger partial charge in [-0.3, -0.25) is 0 Å². The average Bonchev–Trinajstić information content (AvgIpc) is 2.47. The number of ether oxygens (including phenoxy) is 2. The molecule has 0 heterocycles. The highest BCUT2D eigenvalue weighted by molar-refractivity contribution is 6.03. The maximum absolute atomic E-state index is 11.7. The topological polar surface area (TPSA) is 93.1 Å². The number of hydrogen-bond donors (Lipinski definition) is 2. The Kier molecular flexibility index (Phi) is 6.14. The second-order valence-electron chi connectivity index (χ2n) is 4.10. The molecule has 0 radical (unpaired) electrons. The van der Waals surface area contributed by atoms with Crippen LogP contribution >= 0.6 is 0 Å². The first kappa shape index (κ1) is 16.1. The van der Waals surface area contributed by atoms with Crippen molar-refractivity contribution < 1.29 is 29.3 Å². The lowest BCUT2D eigenvalue weighted by Gasteiger charge is -2.13. The van der Waals surface area contributed by atoms with Crippen LogP contribution in [0.25, 0.3) is 0 Å². The van der Waals surface area contributed by atoms with Crippen LogP contribution in [0.15, 0.2) is 12.1 Å². The van der Waals surface area contributed by atoms with E-state index in [4.69, 9.17) is 10.2 Å². The summed E-state index contributed by atoms with van der Waals surface area (Å²) in [4.78, 5) is 23.5. The zero-order valence-corrected chi connectivity index (χ0v) is 11.5. The van der Waals surface area contributed by atoms with E-state index in [0.29, 0.717) is 24.0 Å². The minimum atomic E-state index is -0.653. The molecule has 0 aliphatic carbocycles. The number of carbonyl (C=O) groups excluding carboxylic acids is 2. The number of benzene rings is 1. The van der Waals surface area contributed by atoms with Crippen molar-refractivity contribution in [3.05, 3.63) is 34.4 Å². The zero-order valence-electron chi connectivity index (χ0n) is 11.5. The molecule has 1 rings (SSSR count). The fourth-order valence-electron chi connectivity index (χ4n) is 1.95. The minimum Gasteiger partial charge on any atom is -0.465 e. The van der Waals surface area contributed by atoms with E-state index < -0.39 is 11.9 Å². The van der Waals surface area contributed by atoms with Crippen LogP contribution in [-0.2, 0) is 22.3 Å². The summed E-state index contributed by atoms with van der Waals surface area (Å²) < 4.78 is 9.29. The fraction of sp³-hybridized carbons (Fsp3) is 0.429. The van der Waals surface area contributed by atoms with Crippen molar-refractivity contribution in [2.24, 2.45) is 0 Å². The molecule has 2 N–H and O–H groups in total. The van der Waals surface area contributed by atoms with Gasteiger partial charge in [0.15, 0.2) is 0 Å². The van der Waals surface area contributed by atoms with Gasteiger partial charge in [0.05, 0.1) is 25.3 Å². The smallest absolute Gasteiger partial charge is 0.338 e. The zero-order chi connectivity index (χ0) is 15.1. The molecular weight excluding hydrogens is 264 g/mol. The summed E-state index contributed by atoms with van der Waals surface area (Å²) in [5.74, 6) is -1.31. The number of methoxy groups -OCH3 is 2. The van der Waals surface area contributed by atoms with Gasteiger partial charge in [-0.2, -0.15) is 0 Å². The number of aliphatic hydroxyl groups is 2. The number of rotatable bonds is 6. The van der Waals surface area contributed by atoms with Gasteiger partial charge < -0.3 is 19.7 Å². The van der Waals surface area contributed by atoms with Crippen molar-refractivity contribution in [2.75, 3.05) is 27.4 Å². The van der Waals surface area contributed by atoms with Crippen LogP contribution in [0.4, 0.5) is 0 Å². The van der Waals surface area contributed by atoms with Crippen molar-refractivity contribution >= 4 is 11.9 Å². The van der Waals surface area contributed by atoms with E-state index in [1.165, 1.54) is 26.4 Å². The summed E-state index contributed by atoms with van der Waals surface area (Å²) in [5.41, 5.74) is 1.55. The Hall–Kier alpha value is -1.92. The fourth-order valence-corrected chi connectivity index (χ4v) is 1.95. The van der Waals surface area contributed by atoms with Gasteiger partial charge in [0.1, 0.15) is 0 Å². The maximum atomic E-state index is 11.7. The summed E-state index contributed by atoms with van der Waals surface area (Å²) in [6, 6.07) is 3.00. The molecule has 1 aromatic carbocycles. The third-order valence-corrected chi connectivity index (χ3v) is 2.91. The van der Waals surface area contributed by atoms with Gasteiger partial charge in [-0.1, -0.05) is 0 Å². The number of hydrogen-bond acceptors (Lipinski definition) is 6. The van der Waals surface area contributed by atoms with E-state index in [1.54, 1.807) is 0 Å². The van der Waals surface area contributed by atoms with Crippen LogP contribution in [0, 0.1) is 0 Å². The van der Waals surface area contributed by atoms with Crippen molar-refractivity contribution in [1.82, 2.24) is 0 Å². The molecule has 0 fully saturated rings. The van der Waals surface area contributed by atoms with E-state index >= 15 is 0 Å². The average molecular weight is 282 g/mol. The molecule has 110 valence electrons. The normalized spacial score (nSPS) is 10.2. The van der Waals surface area contributed by atoms with Gasteiger partial charge >= 0.3 is 11.9 Å². The predicted molar refractivity (Wildman–Crippen MR) is 70.7 cm³/mol. The molecule has 0 spiro atoms. The predicted octanol–water partition coefficient (Wildman–Crippen LogP) is 0.329. The van der Waals surface area contributed by atoms with Crippen molar-refractivity contribution in [3.8, 4) is 0 Å². The lowest BCUT2D eigenvalue weighted by molar-refractivity contribution is 0.0555. The summed E-state index contributed by atoms with van der Waals surface area (Å²) in [5, 5.41) is 18.1. The second-order valence-corrected chi connectivity index (χ2v) is 4.10. The maximum Gasteiger partial charge on any atom is 0.338 e. The highest BCUT2D eigenvalue weighted by Gasteiger charge is 2.21. The molecule has 0 aliphatic rings. The molecule has 1 aromatic rings. The highest BCUT2D eigenvalue weighted by atomic mass is 16.5. The van der Waals surface area contributed by atoms with E-state index in [0.717, 1.165) is 0 Å². The molecule has 0 saturated heterocycles. The first-order valence-corrected chi connectivity index (χ1v) is 6.13. The SMILES string of the molecule is COC(=O)c1cc(CCO)c(CCO)cc1C(=O)OC. The quantitative estimate of drug-likeness (QED) is 0.730. The molecule has 0 unspecified atom stereocenters. The monoisotopic (exact) mass is 282 g/mol. The Bertz CT molecular complexity index is 450. The molecule has 6 nitrogen and oxygen atoms in total. The number of aliphatic hydroxyl groups excluding tert-OH is 2. The van der Waals surface area contributed by atoms with Crippen molar-refractivity contribution in [1.29, 1.82) is 0 Å². The summed E-state index contributed by atoms with van der Waals surface area (Å²) in [6.07, 6.45) is 0.640. The van der Waals surface area contributed by atoms with Gasteiger partial charge in [-0.05, 0) is 36.1 Å². The van der Waals surface area contributed by atoms with Gasteiger partial charge in [-0.25, -0.2) is 9.59 Å². The summed E-state index contributed by atoms with van der Waals surface area (Å²) in [7, 11) is 2.44. The first-order chi connectivity index (χ1) is 9.58. The standard InChI is InChI=1S/C14H18O6/c1-19-13(17)11-7-9(3-5-15)10(4-6-16)8-12(11)14(18)20-2/h7-8,15-16H,3-6H2,1-2H3. The Labute approximate surface area is 116 Å². The van der Waals surface area contributed by atoms with E-state index in [1.807, 2.05) is 0 Å². The Morgan fingerprint density at radius 3 is 1.50 bits per heavy atom. The van der Waals surface area contributed by atoms with Crippen LogP contribution in [-0.4, -0.2) is 49.6 Å². The van der Waals surface area contributed by atoms with Crippen LogP contribution < -0.4 is 0 Å². The molecule has 0 amide bonds. The van der Waals surface area contributed by atoms with E-state index in [9.17, 15) is 9.59 Å². The summed E-state index contributed by atoms with van der Waals surface area (Å²) >= 11 is 0. The van der Waals surface area contributed by atoms with Gasteiger partial charge in [0.2, 0.25) is 0 Å². The third-order valence-electron chi connectivity index (χ3n) is 2.91. The molecule has 0 aliphatic heterocycles. The van der Waals surface area contributed by atoms with Crippen LogP contribution in [0.2, 0.25) is 0 Å². The third kappa shape index (κ3) is 3.55. The van der Waals surface area contributed by atoms with Crippen molar-refractivity contribution in [3.63, 3.8) is 0 Å². The molecule has 0 aromatic heterocycles. The first-order valence-electron chi connectivity index (χ1n) is 6.13. The largest absolute Gasteiger partial charge is 0.465 e. The minimum absolute atomic E-state index is 0.0875. The van der Waals surface area contributed by atoms with Crippen molar-refractivity contribution in [2.45, 2.75) is 12.8 Å². The Morgan fingerprint density at radius 2 is 1.25 bits per heavy atom.